The van der Waals surface area contributed by atoms with Crippen LogP contribution in [0.3, 0.4) is 0 Å². The van der Waals surface area contributed by atoms with E-state index in [9.17, 15) is 9.90 Å². The topological polar surface area (TPSA) is 90.9 Å². The molecule has 224 valence electrons. The summed E-state index contributed by atoms with van der Waals surface area (Å²) >= 11 is 6.15. The number of piperazine rings is 1. The Morgan fingerprint density at radius 1 is 1.12 bits per heavy atom. The normalized spacial score (nSPS) is 21.1. The molecule has 8 nitrogen and oxygen atoms in total. The fraction of sp³-hybridized carbons (Fsp3) is 0.353. The molecule has 1 aliphatic carbocycles. The van der Waals surface area contributed by atoms with Crippen LogP contribution in [0.2, 0.25) is 5.02 Å². The van der Waals surface area contributed by atoms with E-state index >= 15 is 0 Å². The van der Waals surface area contributed by atoms with E-state index in [0.29, 0.717) is 17.4 Å². The molecule has 2 aromatic heterocycles. The van der Waals surface area contributed by atoms with E-state index in [0.717, 1.165) is 73.9 Å². The molecule has 2 aromatic carbocycles. The third-order valence-electron chi connectivity index (χ3n) is 8.97. The number of fused-ring (bicyclic) bond motifs is 1. The summed E-state index contributed by atoms with van der Waals surface area (Å²) in [7, 11) is 1.79. The Hall–Kier alpha value is -3.85. The molecule has 0 amide bonds. The molecule has 2 unspecified atom stereocenters. The molecule has 4 aromatic rings. The second kappa shape index (κ2) is 12.4. The maximum atomic E-state index is 12.0. The van der Waals surface area contributed by atoms with Crippen LogP contribution in [0.25, 0.3) is 16.6 Å². The number of anilines is 1. The second-order valence-corrected chi connectivity index (χ2v) is 12.3. The lowest BCUT2D eigenvalue weighted by molar-refractivity contribution is 0.0274. The standard InChI is InChI=1S/C34H37ClN4O4/c1-34(22-42-2)11-9-24(23-3-5-27(35)6-4-23)17-26(34)21-38-13-15-39(16-14-38)28-7-8-30(33(40)41)31(19-28)43-29-18-25-10-12-36-32(25)37-20-29/h3-10,12,18-20,26H,11,13-17,21-22H2,1-2H3,(H,36,37)(H,40,41). The average Bonchev–Trinajstić information content (AvgIpc) is 3.47. The Morgan fingerprint density at radius 3 is 2.65 bits per heavy atom. The van der Waals surface area contributed by atoms with Gasteiger partial charge in [0.1, 0.15) is 22.7 Å². The molecule has 9 heteroatoms. The van der Waals surface area contributed by atoms with Gasteiger partial charge in [0.2, 0.25) is 0 Å². The third kappa shape index (κ3) is 6.42. The van der Waals surface area contributed by atoms with Crippen LogP contribution in [0.1, 0.15) is 35.7 Å². The molecule has 1 fully saturated rings. The van der Waals surface area contributed by atoms with E-state index in [4.69, 9.17) is 21.1 Å². The number of hydrogen-bond donors (Lipinski definition) is 2. The van der Waals surface area contributed by atoms with E-state index in [-0.39, 0.29) is 11.0 Å². The predicted molar refractivity (Wildman–Crippen MR) is 170 cm³/mol. The lowest BCUT2D eigenvalue weighted by atomic mass is 9.67. The number of carbonyl (C=O) groups is 1. The smallest absolute Gasteiger partial charge is 0.339 e. The van der Waals surface area contributed by atoms with Crippen LogP contribution in [0.5, 0.6) is 11.5 Å². The number of rotatable bonds is 9. The van der Waals surface area contributed by atoms with Crippen LogP contribution in [0.4, 0.5) is 5.69 Å². The van der Waals surface area contributed by atoms with Crippen LogP contribution in [-0.2, 0) is 4.74 Å². The second-order valence-electron chi connectivity index (χ2n) is 11.9. The van der Waals surface area contributed by atoms with Gasteiger partial charge < -0.3 is 24.5 Å². The maximum absolute atomic E-state index is 12.0. The summed E-state index contributed by atoms with van der Waals surface area (Å²) in [5.41, 5.74) is 4.52. The number of nitrogens with one attached hydrogen (secondary N) is 1. The van der Waals surface area contributed by atoms with Crippen molar-refractivity contribution < 1.29 is 19.4 Å². The zero-order valence-electron chi connectivity index (χ0n) is 24.6. The molecule has 0 spiro atoms. The molecule has 2 aliphatic rings. The summed E-state index contributed by atoms with van der Waals surface area (Å²) in [5.74, 6) is 0.231. The van der Waals surface area contributed by atoms with Crippen LogP contribution in [-0.4, -0.2) is 72.4 Å². The summed E-state index contributed by atoms with van der Waals surface area (Å²) in [6, 6.07) is 17.3. The largest absolute Gasteiger partial charge is 0.478 e. The van der Waals surface area contributed by atoms with Gasteiger partial charge in [0.25, 0.3) is 0 Å². The Balaban J connectivity index is 1.14. The lowest BCUT2D eigenvalue weighted by Gasteiger charge is -2.45. The summed E-state index contributed by atoms with van der Waals surface area (Å²) in [4.78, 5) is 24.3. The molecular formula is C34H37ClN4O4. The number of H-pyrrole nitrogens is 1. The molecule has 0 bridgehead atoms. The quantitative estimate of drug-likeness (QED) is 0.214. The number of allylic oxidation sites excluding steroid dienone is 2. The average molecular weight is 601 g/mol. The van der Waals surface area contributed by atoms with Crippen LogP contribution in [0, 0.1) is 11.3 Å². The zero-order valence-corrected chi connectivity index (χ0v) is 25.3. The van der Waals surface area contributed by atoms with Gasteiger partial charge in [-0.05, 0) is 71.7 Å². The molecule has 1 aliphatic heterocycles. The van der Waals surface area contributed by atoms with Crippen molar-refractivity contribution in [1.29, 1.82) is 0 Å². The summed E-state index contributed by atoms with van der Waals surface area (Å²) in [6.45, 7) is 7.61. The molecule has 43 heavy (non-hydrogen) atoms. The SMILES string of the molecule is COCC1(C)CC=C(c2ccc(Cl)cc2)CC1CN1CCN(c2ccc(C(=O)O)c(Oc3cnc4[nH]ccc4c3)c2)CC1. The minimum atomic E-state index is -1.03. The molecule has 0 saturated carbocycles. The van der Waals surface area contributed by atoms with Gasteiger partial charge in [-0.15, -0.1) is 0 Å². The highest BCUT2D eigenvalue weighted by molar-refractivity contribution is 6.30. The van der Waals surface area contributed by atoms with Gasteiger partial charge in [0.15, 0.2) is 0 Å². The molecule has 1 saturated heterocycles. The van der Waals surface area contributed by atoms with Gasteiger partial charge in [-0.25, -0.2) is 9.78 Å². The van der Waals surface area contributed by atoms with E-state index in [2.05, 4.69) is 44.9 Å². The van der Waals surface area contributed by atoms with Crippen molar-refractivity contribution in [2.45, 2.75) is 19.8 Å². The first kappa shape index (κ1) is 29.2. The van der Waals surface area contributed by atoms with Crippen molar-refractivity contribution >= 4 is 39.9 Å². The van der Waals surface area contributed by atoms with Gasteiger partial charge in [-0.3, -0.25) is 4.90 Å². The highest BCUT2D eigenvalue weighted by Crippen LogP contribution is 2.44. The number of methoxy groups -OCH3 is 1. The minimum absolute atomic E-state index is 0.0684. The first-order valence-corrected chi connectivity index (χ1v) is 15.1. The van der Waals surface area contributed by atoms with E-state index < -0.39 is 5.97 Å². The van der Waals surface area contributed by atoms with Crippen molar-refractivity contribution in [1.82, 2.24) is 14.9 Å². The number of pyridine rings is 1. The van der Waals surface area contributed by atoms with Crippen LogP contribution in [0.15, 0.2) is 73.1 Å². The Kier molecular flexibility index (Phi) is 8.43. The molecule has 6 rings (SSSR count). The van der Waals surface area contributed by atoms with Gasteiger partial charge in [0.05, 0.1) is 12.8 Å². The van der Waals surface area contributed by atoms with Crippen LogP contribution >= 0.6 is 11.6 Å². The number of hydrogen-bond acceptors (Lipinski definition) is 6. The number of nitrogens with zero attached hydrogens (tertiary/aromatic N) is 3. The Labute approximate surface area is 256 Å². The Bertz CT molecular complexity index is 1630. The van der Waals surface area contributed by atoms with E-state index in [1.54, 1.807) is 19.4 Å². The fourth-order valence-corrected chi connectivity index (χ4v) is 6.51. The molecule has 2 N–H and O–H groups in total. The van der Waals surface area contributed by atoms with Gasteiger partial charge >= 0.3 is 5.97 Å². The molecule has 2 atom stereocenters. The minimum Gasteiger partial charge on any atom is -0.478 e. The number of halogens is 1. The number of carboxylic acids is 1. The number of aromatic carboxylic acids is 1. The Morgan fingerprint density at radius 2 is 1.91 bits per heavy atom. The number of ether oxygens (including phenoxy) is 2. The van der Waals surface area contributed by atoms with Crippen molar-refractivity contribution in [2.24, 2.45) is 11.3 Å². The molecular weight excluding hydrogens is 564 g/mol. The van der Waals surface area contributed by atoms with Crippen molar-refractivity contribution in [3.05, 3.63) is 89.2 Å². The molecule has 0 radical (unpaired) electrons. The predicted octanol–water partition coefficient (Wildman–Crippen LogP) is 6.98. The highest BCUT2D eigenvalue weighted by atomic mass is 35.5. The van der Waals surface area contributed by atoms with E-state index in [1.807, 2.05) is 42.6 Å². The highest BCUT2D eigenvalue weighted by Gasteiger charge is 2.38. The summed E-state index contributed by atoms with van der Waals surface area (Å²) in [6.07, 6.45) is 7.78. The first-order chi connectivity index (χ1) is 20.8. The van der Waals surface area contributed by atoms with Crippen molar-refractivity contribution in [3.63, 3.8) is 0 Å². The third-order valence-corrected chi connectivity index (χ3v) is 9.22. The first-order valence-electron chi connectivity index (χ1n) is 14.7. The number of aromatic nitrogens is 2. The molecule has 3 heterocycles. The monoisotopic (exact) mass is 600 g/mol. The number of benzene rings is 2. The number of aromatic amines is 1. The van der Waals surface area contributed by atoms with E-state index in [1.165, 1.54) is 11.1 Å². The lowest BCUT2D eigenvalue weighted by Crippen LogP contribution is -2.50. The van der Waals surface area contributed by atoms with Gasteiger partial charge in [-0.2, -0.15) is 0 Å². The van der Waals surface area contributed by atoms with Gasteiger partial charge in [0, 0.05) is 68.2 Å². The zero-order chi connectivity index (χ0) is 30.0. The van der Waals surface area contributed by atoms with Crippen LogP contribution < -0.4 is 9.64 Å². The van der Waals surface area contributed by atoms with Crippen molar-refractivity contribution in [3.8, 4) is 11.5 Å². The van der Waals surface area contributed by atoms with Gasteiger partial charge in [-0.1, -0.05) is 36.7 Å². The summed E-state index contributed by atoms with van der Waals surface area (Å²) < 4.78 is 11.8. The maximum Gasteiger partial charge on any atom is 0.339 e. The number of carboxylic acid groups (broad SMARTS) is 1. The summed E-state index contributed by atoms with van der Waals surface area (Å²) in [5, 5.41) is 11.5. The fourth-order valence-electron chi connectivity index (χ4n) is 6.38. The van der Waals surface area contributed by atoms with Crippen molar-refractivity contribution in [2.75, 3.05) is 51.3 Å².